The van der Waals surface area contributed by atoms with Gasteiger partial charge in [0.2, 0.25) is 5.91 Å². The lowest BCUT2D eigenvalue weighted by Gasteiger charge is -2.17. The van der Waals surface area contributed by atoms with E-state index in [0.29, 0.717) is 29.9 Å². The van der Waals surface area contributed by atoms with Gasteiger partial charge in [-0.1, -0.05) is 17.7 Å². The molecule has 0 aliphatic rings. The first-order chi connectivity index (χ1) is 12.9. The van der Waals surface area contributed by atoms with Gasteiger partial charge in [-0.3, -0.25) is 9.48 Å². The molecule has 0 aliphatic carbocycles. The SMILES string of the molecule is CCOc1ccc(C(C)NC(=O)/C=C/c2c(C)nn(C)c2Cl)cc1OCC. The normalized spacial score (nSPS) is 12.2. The monoisotopic (exact) mass is 391 g/mol. The van der Waals surface area contributed by atoms with Crippen LogP contribution >= 0.6 is 11.6 Å². The van der Waals surface area contributed by atoms with Crippen molar-refractivity contribution in [3.05, 3.63) is 46.2 Å². The molecule has 2 rings (SSSR count). The second-order valence-electron chi connectivity index (χ2n) is 6.05. The fraction of sp³-hybridized carbons (Fsp3) is 0.400. The van der Waals surface area contributed by atoms with Crippen LogP contribution in [0, 0.1) is 6.92 Å². The van der Waals surface area contributed by atoms with E-state index in [2.05, 4.69) is 10.4 Å². The average Bonchev–Trinajstić information content (AvgIpc) is 2.87. The molecule has 1 N–H and O–H groups in total. The number of hydrogen-bond acceptors (Lipinski definition) is 4. The zero-order valence-corrected chi connectivity index (χ0v) is 17.1. The lowest BCUT2D eigenvalue weighted by molar-refractivity contribution is -0.117. The van der Waals surface area contributed by atoms with Crippen LogP contribution in [0.15, 0.2) is 24.3 Å². The van der Waals surface area contributed by atoms with E-state index in [1.165, 1.54) is 6.08 Å². The molecular formula is C20H26ClN3O3. The van der Waals surface area contributed by atoms with Gasteiger partial charge in [0.05, 0.1) is 24.9 Å². The summed E-state index contributed by atoms with van der Waals surface area (Å²) < 4.78 is 12.8. The van der Waals surface area contributed by atoms with Gasteiger partial charge < -0.3 is 14.8 Å². The van der Waals surface area contributed by atoms with Crippen molar-refractivity contribution in [1.82, 2.24) is 15.1 Å². The average molecular weight is 392 g/mol. The van der Waals surface area contributed by atoms with Crippen molar-refractivity contribution in [1.29, 1.82) is 0 Å². The fourth-order valence-corrected chi connectivity index (χ4v) is 2.91. The number of benzene rings is 1. The number of aromatic nitrogens is 2. The Morgan fingerprint density at radius 1 is 1.30 bits per heavy atom. The molecule has 0 bridgehead atoms. The Morgan fingerprint density at radius 3 is 2.56 bits per heavy atom. The van der Waals surface area contributed by atoms with E-state index in [0.717, 1.165) is 16.8 Å². The molecule has 2 aromatic rings. The van der Waals surface area contributed by atoms with E-state index in [-0.39, 0.29) is 11.9 Å². The standard InChI is InChI=1S/C20H26ClN3O3/c1-6-26-17-10-8-15(12-18(17)27-7-2)13(3)22-19(25)11-9-16-14(4)23-24(5)20(16)21/h8-13H,6-7H2,1-5H3,(H,22,25)/b11-9+. The molecule has 1 aromatic carbocycles. The van der Waals surface area contributed by atoms with Gasteiger partial charge in [-0.2, -0.15) is 5.10 Å². The number of carbonyl (C=O) groups excluding carboxylic acids is 1. The highest BCUT2D eigenvalue weighted by atomic mass is 35.5. The Bertz CT molecular complexity index is 830. The van der Waals surface area contributed by atoms with Gasteiger partial charge in [-0.25, -0.2) is 0 Å². The first kappa shape index (κ1) is 20.8. The summed E-state index contributed by atoms with van der Waals surface area (Å²) in [7, 11) is 1.76. The lowest BCUT2D eigenvalue weighted by Crippen LogP contribution is -2.24. The summed E-state index contributed by atoms with van der Waals surface area (Å²) in [4.78, 5) is 12.3. The second-order valence-corrected chi connectivity index (χ2v) is 6.41. The van der Waals surface area contributed by atoms with Crippen LogP contribution in [-0.4, -0.2) is 28.9 Å². The zero-order chi connectivity index (χ0) is 20.0. The quantitative estimate of drug-likeness (QED) is 0.689. The Labute approximate surface area is 165 Å². The molecule has 0 saturated heterocycles. The Hall–Kier alpha value is -2.47. The third kappa shape index (κ3) is 5.26. The van der Waals surface area contributed by atoms with Crippen LogP contribution in [0.5, 0.6) is 11.5 Å². The number of nitrogens with zero attached hydrogens (tertiary/aromatic N) is 2. The summed E-state index contributed by atoms with van der Waals surface area (Å²) in [6, 6.07) is 5.49. The third-order valence-electron chi connectivity index (χ3n) is 4.02. The molecule has 146 valence electrons. The van der Waals surface area contributed by atoms with Crippen LogP contribution in [0.3, 0.4) is 0 Å². The molecule has 0 spiro atoms. The molecule has 27 heavy (non-hydrogen) atoms. The van der Waals surface area contributed by atoms with Crippen molar-refractivity contribution in [2.75, 3.05) is 13.2 Å². The van der Waals surface area contributed by atoms with Crippen molar-refractivity contribution < 1.29 is 14.3 Å². The number of amides is 1. The van der Waals surface area contributed by atoms with Gasteiger partial charge in [0.15, 0.2) is 11.5 Å². The predicted molar refractivity (Wildman–Crippen MR) is 107 cm³/mol. The molecule has 1 unspecified atom stereocenters. The number of nitrogens with one attached hydrogen (secondary N) is 1. The molecule has 0 aliphatic heterocycles. The van der Waals surface area contributed by atoms with E-state index >= 15 is 0 Å². The van der Waals surface area contributed by atoms with E-state index in [1.54, 1.807) is 17.8 Å². The zero-order valence-electron chi connectivity index (χ0n) is 16.4. The summed E-state index contributed by atoms with van der Waals surface area (Å²) >= 11 is 6.18. The summed E-state index contributed by atoms with van der Waals surface area (Å²) in [6.07, 6.45) is 3.14. The number of halogens is 1. The van der Waals surface area contributed by atoms with Crippen LogP contribution < -0.4 is 14.8 Å². The second kappa shape index (κ2) is 9.46. The number of ether oxygens (including phenoxy) is 2. The van der Waals surface area contributed by atoms with Gasteiger partial charge in [0.1, 0.15) is 5.15 Å². The molecule has 0 radical (unpaired) electrons. The molecule has 1 heterocycles. The lowest BCUT2D eigenvalue weighted by atomic mass is 10.1. The third-order valence-corrected chi connectivity index (χ3v) is 4.47. The molecule has 7 heteroatoms. The maximum Gasteiger partial charge on any atom is 0.244 e. The molecule has 6 nitrogen and oxygen atoms in total. The van der Waals surface area contributed by atoms with E-state index in [4.69, 9.17) is 21.1 Å². The first-order valence-electron chi connectivity index (χ1n) is 8.94. The van der Waals surface area contributed by atoms with Crippen molar-refractivity contribution in [3.8, 4) is 11.5 Å². The number of rotatable bonds is 8. The van der Waals surface area contributed by atoms with Crippen LogP contribution in [-0.2, 0) is 11.8 Å². The van der Waals surface area contributed by atoms with Gasteiger partial charge in [0, 0.05) is 18.7 Å². The van der Waals surface area contributed by atoms with Crippen molar-refractivity contribution in [3.63, 3.8) is 0 Å². The molecule has 1 amide bonds. The highest BCUT2D eigenvalue weighted by Gasteiger charge is 2.13. The summed E-state index contributed by atoms with van der Waals surface area (Å²) in [5.41, 5.74) is 2.44. The van der Waals surface area contributed by atoms with Crippen LogP contribution in [0.1, 0.15) is 43.6 Å². The summed E-state index contributed by atoms with van der Waals surface area (Å²) in [5.74, 6) is 1.16. The summed E-state index contributed by atoms with van der Waals surface area (Å²) in [5, 5.41) is 7.66. The van der Waals surface area contributed by atoms with Crippen LogP contribution in [0.2, 0.25) is 5.15 Å². The van der Waals surface area contributed by atoms with E-state index in [9.17, 15) is 4.79 Å². The van der Waals surface area contributed by atoms with Gasteiger partial charge in [-0.05, 0) is 51.5 Å². The van der Waals surface area contributed by atoms with Gasteiger partial charge in [0.25, 0.3) is 0 Å². The first-order valence-corrected chi connectivity index (χ1v) is 9.32. The highest BCUT2D eigenvalue weighted by molar-refractivity contribution is 6.31. The Balaban J connectivity index is 2.09. The Kier molecular flexibility index (Phi) is 7.30. The predicted octanol–water partition coefficient (Wildman–Crippen LogP) is 4.07. The Morgan fingerprint density at radius 2 is 1.96 bits per heavy atom. The number of carbonyl (C=O) groups is 1. The van der Waals surface area contributed by atoms with Crippen molar-refractivity contribution >= 4 is 23.6 Å². The molecule has 0 saturated carbocycles. The smallest absolute Gasteiger partial charge is 0.244 e. The fourth-order valence-electron chi connectivity index (χ4n) is 2.68. The molecule has 1 atom stereocenters. The molecular weight excluding hydrogens is 366 g/mol. The maximum absolute atomic E-state index is 12.3. The number of hydrogen-bond donors (Lipinski definition) is 1. The largest absolute Gasteiger partial charge is 0.490 e. The van der Waals surface area contributed by atoms with Crippen molar-refractivity contribution in [2.45, 2.75) is 33.7 Å². The topological polar surface area (TPSA) is 65.4 Å². The van der Waals surface area contributed by atoms with E-state index in [1.807, 2.05) is 45.9 Å². The minimum atomic E-state index is -0.214. The minimum absolute atomic E-state index is 0.192. The maximum atomic E-state index is 12.3. The van der Waals surface area contributed by atoms with Crippen LogP contribution in [0.4, 0.5) is 0 Å². The highest BCUT2D eigenvalue weighted by Crippen LogP contribution is 2.30. The summed E-state index contributed by atoms with van der Waals surface area (Å²) in [6.45, 7) is 8.71. The van der Waals surface area contributed by atoms with Crippen LogP contribution in [0.25, 0.3) is 6.08 Å². The van der Waals surface area contributed by atoms with E-state index < -0.39 is 0 Å². The molecule has 0 fully saturated rings. The number of aryl methyl sites for hydroxylation is 2. The van der Waals surface area contributed by atoms with Crippen molar-refractivity contribution in [2.24, 2.45) is 7.05 Å². The molecule has 1 aromatic heterocycles. The van der Waals surface area contributed by atoms with Gasteiger partial charge in [-0.15, -0.1) is 0 Å². The van der Waals surface area contributed by atoms with Gasteiger partial charge >= 0.3 is 0 Å². The minimum Gasteiger partial charge on any atom is -0.490 e.